The monoisotopic (exact) mass is 532 g/mol. The zero-order valence-corrected chi connectivity index (χ0v) is 17.4. The van der Waals surface area contributed by atoms with Gasteiger partial charge in [0.2, 0.25) is 6.79 Å². The number of hydrazone groups is 1. The van der Waals surface area contributed by atoms with Gasteiger partial charge in [0.25, 0.3) is 5.91 Å². The minimum atomic E-state index is -0.376. The lowest BCUT2D eigenvalue weighted by Crippen LogP contribution is -2.24. The third-order valence-corrected chi connectivity index (χ3v) is 4.75. The van der Waals surface area contributed by atoms with Gasteiger partial charge in [0.15, 0.2) is 18.1 Å². The Morgan fingerprint density at radius 2 is 1.88 bits per heavy atom. The highest BCUT2D eigenvalue weighted by atomic mass is 79.9. The van der Waals surface area contributed by atoms with Gasteiger partial charge >= 0.3 is 0 Å². The first-order chi connectivity index (χ1) is 12.0. The fourth-order valence-electron chi connectivity index (χ4n) is 2.01. The maximum atomic E-state index is 11.8. The summed E-state index contributed by atoms with van der Waals surface area (Å²) in [4.78, 5) is 11.8. The van der Waals surface area contributed by atoms with Crippen LogP contribution in [0.3, 0.4) is 0 Å². The molecule has 6 nitrogen and oxygen atoms in total. The van der Waals surface area contributed by atoms with Crippen molar-refractivity contribution in [3.8, 4) is 17.2 Å². The molecule has 3 rings (SSSR count). The van der Waals surface area contributed by atoms with E-state index >= 15 is 0 Å². The Morgan fingerprint density at radius 3 is 2.64 bits per heavy atom. The summed E-state index contributed by atoms with van der Waals surface area (Å²) in [5.74, 6) is 1.51. The molecule has 2 aromatic rings. The first-order valence-electron chi connectivity index (χ1n) is 7.02. The predicted molar refractivity (Wildman–Crippen MR) is 103 cm³/mol. The van der Waals surface area contributed by atoms with Gasteiger partial charge in [-0.3, -0.25) is 4.79 Å². The van der Waals surface area contributed by atoms with Gasteiger partial charge in [-0.25, -0.2) is 5.43 Å². The molecule has 2 aromatic carbocycles. The lowest BCUT2D eigenvalue weighted by atomic mass is 10.2. The highest BCUT2D eigenvalue weighted by molar-refractivity contribution is 9.11. The van der Waals surface area contributed by atoms with Crippen LogP contribution in [0.25, 0.3) is 0 Å². The molecule has 25 heavy (non-hydrogen) atoms. The Balaban J connectivity index is 1.53. The Labute approximate surface area is 168 Å². The first kappa shape index (κ1) is 18.2. The molecule has 1 amide bonds. The summed E-state index contributed by atoms with van der Waals surface area (Å²) in [6, 6.07) is 9.04. The molecule has 1 aliphatic rings. The van der Waals surface area contributed by atoms with Crippen molar-refractivity contribution < 1.29 is 19.0 Å². The second-order valence-electron chi connectivity index (χ2n) is 4.89. The molecule has 0 saturated carbocycles. The highest BCUT2D eigenvalue weighted by Gasteiger charge is 2.13. The van der Waals surface area contributed by atoms with Crippen LogP contribution < -0.4 is 19.6 Å². The molecule has 0 unspecified atom stereocenters. The fourth-order valence-corrected chi connectivity index (χ4v) is 4.50. The van der Waals surface area contributed by atoms with Crippen molar-refractivity contribution in [1.82, 2.24) is 5.43 Å². The summed E-state index contributed by atoms with van der Waals surface area (Å²) in [5.41, 5.74) is 3.19. The van der Waals surface area contributed by atoms with Crippen molar-refractivity contribution in [3.05, 3.63) is 49.3 Å². The number of hydrogen-bond acceptors (Lipinski definition) is 5. The molecule has 0 aliphatic carbocycles. The van der Waals surface area contributed by atoms with Crippen molar-refractivity contribution in [3.63, 3.8) is 0 Å². The summed E-state index contributed by atoms with van der Waals surface area (Å²) >= 11 is 10.1. The van der Waals surface area contributed by atoms with Crippen LogP contribution in [0.1, 0.15) is 5.56 Å². The molecule has 1 heterocycles. The molecule has 1 aliphatic heterocycles. The quantitative estimate of drug-likeness (QED) is 0.460. The summed E-state index contributed by atoms with van der Waals surface area (Å²) in [6.45, 7) is 0.0441. The van der Waals surface area contributed by atoms with Crippen LogP contribution in [0.15, 0.2) is 48.9 Å². The van der Waals surface area contributed by atoms with E-state index in [0.29, 0.717) is 17.2 Å². The lowest BCUT2D eigenvalue weighted by molar-refractivity contribution is -0.123. The van der Waals surface area contributed by atoms with Gasteiger partial charge < -0.3 is 14.2 Å². The molecule has 1 N–H and O–H groups in total. The van der Waals surface area contributed by atoms with Gasteiger partial charge in [0, 0.05) is 4.47 Å². The number of rotatable bonds is 5. The number of amides is 1. The van der Waals surface area contributed by atoms with E-state index in [0.717, 1.165) is 19.0 Å². The molecule has 0 bridgehead atoms. The predicted octanol–water partition coefficient (Wildman–Crippen LogP) is 4.23. The summed E-state index contributed by atoms with van der Waals surface area (Å²) in [7, 11) is 0. The molecular weight excluding hydrogens is 524 g/mol. The fraction of sp³-hybridized carbons (Fsp3) is 0.125. The number of nitrogens with zero attached hydrogens (tertiary/aromatic N) is 1. The van der Waals surface area contributed by atoms with Crippen molar-refractivity contribution in [2.45, 2.75) is 0 Å². The number of fused-ring (bicyclic) bond motifs is 1. The van der Waals surface area contributed by atoms with Crippen molar-refractivity contribution in [2.75, 3.05) is 13.4 Å². The minimum Gasteiger partial charge on any atom is -0.481 e. The topological polar surface area (TPSA) is 69.2 Å². The molecular formula is C16H11Br3N2O4. The third kappa shape index (κ3) is 4.74. The normalized spacial score (nSPS) is 12.4. The van der Waals surface area contributed by atoms with Gasteiger partial charge in [-0.15, -0.1) is 0 Å². The van der Waals surface area contributed by atoms with E-state index in [2.05, 4.69) is 58.3 Å². The maximum absolute atomic E-state index is 11.8. The first-order valence-corrected chi connectivity index (χ1v) is 9.40. The zero-order chi connectivity index (χ0) is 17.8. The maximum Gasteiger partial charge on any atom is 0.277 e. The van der Waals surface area contributed by atoms with Crippen LogP contribution in [-0.2, 0) is 4.79 Å². The molecule has 130 valence electrons. The van der Waals surface area contributed by atoms with E-state index < -0.39 is 0 Å². The van der Waals surface area contributed by atoms with Crippen LogP contribution in [0.2, 0.25) is 0 Å². The number of halogens is 3. The number of hydrogen-bond donors (Lipinski definition) is 1. The summed E-state index contributed by atoms with van der Waals surface area (Å²) < 4.78 is 18.4. The standard InChI is InChI=1S/C16H11Br3N2O4/c17-10-4-11(18)16(12(19)5-10)23-7-15(22)21-20-6-9-1-2-13-14(3-9)25-8-24-13/h1-6H,7-8H2,(H,21,22)/b20-6+. The minimum absolute atomic E-state index is 0.169. The Bertz CT molecular complexity index is 819. The summed E-state index contributed by atoms with van der Waals surface area (Å²) in [5, 5.41) is 3.91. The van der Waals surface area contributed by atoms with Crippen LogP contribution in [0, 0.1) is 0 Å². The molecule has 0 fully saturated rings. The zero-order valence-electron chi connectivity index (χ0n) is 12.6. The van der Waals surface area contributed by atoms with Crippen molar-refractivity contribution in [2.24, 2.45) is 5.10 Å². The van der Waals surface area contributed by atoms with Crippen LogP contribution in [0.5, 0.6) is 17.2 Å². The number of benzene rings is 2. The molecule has 0 aromatic heterocycles. The van der Waals surface area contributed by atoms with Crippen LogP contribution in [0.4, 0.5) is 0 Å². The number of nitrogens with one attached hydrogen (secondary N) is 1. The molecule has 0 atom stereocenters. The van der Waals surface area contributed by atoms with E-state index in [4.69, 9.17) is 14.2 Å². The highest BCUT2D eigenvalue weighted by Crippen LogP contribution is 2.36. The Morgan fingerprint density at radius 1 is 1.16 bits per heavy atom. The van der Waals surface area contributed by atoms with E-state index in [1.165, 1.54) is 6.21 Å². The van der Waals surface area contributed by atoms with Gasteiger partial charge in [-0.2, -0.15) is 5.10 Å². The van der Waals surface area contributed by atoms with Gasteiger partial charge in [0.1, 0.15) is 5.75 Å². The van der Waals surface area contributed by atoms with Gasteiger partial charge in [-0.1, -0.05) is 15.9 Å². The Hall–Kier alpha value is -1.58. The van der Waals surface area contributed by atoms with Crippen LogP contribution in [-0.4, -0.2) is 25.5 Å². The van der Waals surface area contributed by atoms with E-state index in [1.807, 2.05) is 18.2 Å². The van der Waals surface area contributed by atoms with E-state index in [-0.39, 0.29) is 19.3 Å². The average molecular weight is 535 g/mol. The van der Waals surface area contributed by atoms with Crippen LogP contribution >= 0.6 is 47.8 Å². The van der Waals surface area contributed by atoms with Crippen molar-refractivity contribution in [1.29, 1.82) is 0 Å². The van der Waals surface area contributed by atoms with E-state index in [9.17, 15) is 4.79 Å². The number of carbonyl (C=O) groups excluding carboxylic acids is 1. The third-order valence-electron chi connectivity index (χ3n) is 3.11. The lowest BCUT2D eigenvalue weighted by Gasteiger charge is -2.09. The second-order valence-corrected chi connectivity index (χ2v) is 7.52. The molecule has 0 spiro atoms. The molecule has 0 saturated heterocycles. The molecule has 0 radical (unpaired) electrons. The van der Waals surface area contributed by atoms with Crippen molar-refractivity contribution >= 4 is 59.9 Å². The number of carbonyl (C=O) groups is 1. The smallest absolute Gasteiger partial charge is 0.277 e. The largest absolute Gasteiger partial charge is 0.481 e. The Kier molecular flexibility index (Phi) is 5.98. The number of ether oxygens (including phenoxy) is 3. The van der Waals surface area contributed by atoms with Gasteiger partial charge in [-0.05, 0) is 67.8 Å². The summed E-state index contributed by atoms with van der Waals surface area (Å²) in [6.07, 6.45) is 1.52. The van der Waals surface area contributed by atoms with E-state index in [1.54, 1.807) is 12.1 Å². The SMILES string of the molecule is O=C(COc1c(Br)cc(Br)cc1Br)N/N=C/c1ccc2c(c1)OCO2. The average Bonchev–Trinajstić information content (AvgIpc) is 3.01. The van der Waals surface area contributed by atoms with Gasteiger partial charge in [0.05, 0.1) is 15.2 Å². The second kappa shape index (κ2) is 8.20. The molecule has 9 heteroatoms.